The van der Waals surface area contributed by atoms with E-state index in [1.54, 1.807) is 18.3 Å². The number of hydrogen-bond acceptors (Lipinski definition) is 5. The Kier molecular flexibility index (Phi) is 5.27. The zero-order valence-corrected chi connectivity index (χ0v) is 16.8. The summed E-state index contributed by atoms with van der Waals surface area (Å²) < 4.78 is 26.0. The molecule has 0 unspecified atom stereocenters. The van der Waals surface area contributed by atoms with Crippen LogP contribution in [0.3, 0.4) is 0 Å². The van der Waals surface area contributed by atoms with E-state index in [0.717, 1.165) is 38.8 Å². The molecule has 1 saturated heterocycles. The van der Waals surface area contributed by atoms with Crippen LogP contribution in [0, 0.1) is 5.82 Å². The van der Waals surface area contributed by atoms with E-state index in [-0.39, 0.29) is 24.0 Å². The Morgan fingerprint density at radius 1 is 1.13 bits per heavy atom. The van der Waals surface area contributed by atoms with Gasteiger partial charge in [0.2, 0.25) is 0 Å². The molecule has 30 heavy (non-hydrogen) atoms. The monoisotopic (exact) mass is 407 g/mol. The molecule has 1 aliphatic heterocycles. The lowest BCUT2D eigenvalue weighted by Gasteiger charge is -2.43. The fourth-order valence-corrected chi connectivity index (χ4v) is 4.85. The normalized spacial score (nSPS) is 24.4. The van der Waals surface area contributed by atoms with Crippen molar-refractivity contribution in [3.63, 3.8) is 0 Å². The average Bonchev–Trinajstić information content (AvgIpc) is 3.30. The van der Waals surface area contributed by atoms with Gasteiger partial charge in [-0.05, 0) is 61.6 Å². The highest BCUT2D eigenvalue weighted by Gasteiger charge is 2.37. The average molecular weight is 407 g/mol. The minimum Gasteiger partial charge on any atom is -0.483 e. The van der Waals surface area contributed by atoms with Crippen molar-refractivity contribution >= 4 is 0 Å². The Labute approximate surface area is 175 Å². The maximum absolute atomic E-state index is 14.0. The van der Waals surface area contributed by atoms with E-state index in [1.807, 2.05) is 0 Å². The van der Waals surface area contributed by atoms with E-state index in [0.29, 0.717) is 17.1 Å². The molecule has 0 spiro atoms. The molecule has 3 atom stereocenters. The van der Waals surface area contributed by atoms with Crippen LogP contribution >= 0.6 is 0 Å². The van der Waals surface area contributed by atoms with Crippen molar-refractivity contribution in [1.82, 2.24) is 10.1 Å². The van der Waals surface area contributed by atoms with E-state index >= 15 is 0 Å². The molecule has 0 saturated carbocycles. The first-order valence-corrected chi connectivity index (χ1v) is 10.6. The fraction of sp³-hybridized carbons (Fsp3) is 0.375. The fourth-order valence-electron chi connectivity index (χ4n) is 4.85. The molecule has 5 rings (SSSR count). The third-order valence-electron chi connectivity index (χ3n) is 6.28. The summed E-state index contributed by atoms with van der Waals surface area (Å²) in [4.78, 5) is 2.48. The molecule has 1 fully saturated rings. The summed E-state index contributed by atoms with van der Waals surface area (Å²) in [6, 6.07) is 15.1. The summed E-state index contributed by atoms with van der Waals surface area (Å²) in [7, 11) is 0. The number of hydrogen-bond donors (Lipinski definition) is 1. The van der Waals surface area contributed by atoms with Crippen molar-refractivity contribution in [3.05, 3.63) is 71.7 Å². The van der Waals surface area contributed by atoms with Gasteiger partial charge in [0, 0.05) is 18.7 Å². The van der Waals surface area contributed by atoms with Crippen molar-refractivity contribution in [2.45, 2.75) is 43.9 Å². The third-order valence-corrected chi connectivity index (χ3v) is 6.28. The molecule has 0 bridgehead atoms. The number of likely N-dealkylation sites (tertiary alicyclic amines) is 1. The van der Waals surface area contributed by atoms with Crippen molar-refractivity contribution in [1.29, 1.82) is 0 Å². The number of aryl methyl sites for hydroxylation is 1. The van der Waals surface area contributed by atoms with Gasteiger partial charge in [-0.1, -0.05) is 29.4 Å². The second-order valence-electron chi connectivity index (χ2n) is 8.26. The highest BCUT2D eigenvalue weighted by atomic mass is 19.1. The Morgan fingerprint density at radius 3 is 2.87 bits per heavy atom. The largest absolute Gasteiger partial charge is 0.483 e. The van der Waals surface area contributed by atoms with Crippen LogP contribution in [0.4, 0.5) is 4.39 Å². The van der Waals surface area contributed by atoms with Gasteiger partial charge >= 0.3 is 0 Å². The van der Waals surface area contributed by atoms with Crippen molar-refractivity contribution in [2.75, 3.05) is 13.1 Å². The summed E-state index contributed by atoms with van der Waals surface area (Å²) >= 11 is 0. The van der Waals surface area contributed by atoms with E-state index < -0.39 is 0 Å². The van der Waals surface area contributed by atoms with Crippen molar-refractivity contribution in [3.8, 4) is 17.1 Å². The molecule has 2 N–H and O–H groups in total. The first kappa shape index (κ1) is 19.3. The second kappa shape index (κ2) is 8.20. The number of halogens is 1. The lowest BCUT2D eigenvalue weighted by Crippen LogP contribution is -2.51. The molecule has 0 radical (unpaired) electrons. The molecular formula is C24H26FN3O2. The zero-order chi connectivity index (χ0) is 20.5. The Bertz CT molecular complexity index is 1010. The van der Waals surface area contributed by atoms with Gasteiger partial charge in [0.25, 0.3) is 0 Å². The van der Waals surface area contributed by atoms with E-state index in [1.165, 1.54) is 23.3 Å². The number of benzene rings is 2. The number of fused-ring (bicyclic) bond motifs is 1. The van der Waals surface area contributed by atoms with Crippen LogP contribution in [-0.4, -0.2) is 35.2 Å². The highest BCUT2D eigenvalue weighted by Crippen LogP contribution is 2.40. The van der Waals surface area contributed by atoms with Gasteiger partial charge in [-0.2, -0.15) is 0 Å². The molecule has 2 aliphatic rings. The maximum Gasteiger partial charge on any atom is 0.170 e. The van der Waals surface area contributed by atoms with Gasteiger partial charge in [0.1, 0.15) is 17.7 Å². The van der Waals surface area contributed by atoms with Crippen molar-refractivity contribution < 1.29 is 13.7 Å². The van der Waals surface area contributed by atoms with E-state index in [4.69, 9.17) is 15.0 Å². The van der Waals surface area contributed by atoms with Gasteiger partial charge in [-0.25, -0.2) is 4.39 Å². The number of nitrogens with zero attached hydrogens (tertiary/aromatic N) is 2. The quantitative estimate of drug-likeness (QED) is 0.697. The van der Waals surface area contributed by atoms with Gasteiger partial charge in [0.15, 0.2) is 5.76 Å². The SMILES string of the molecule is N[C@@H]1CCCN([C@H]2CCc3ccccc3[C@@H]2Oc2ccc(F)cc2-c2ccno2)C1. The summed E-state index contributed by atoms with van der Waals surface area (Å²) in [6.07, 6.45) is 5.59. The van der Waals surface area contributed by atoms with Crippen LogP contribution in [0.2, 0.25) is 0 Å². The number of rotatable bonds is 4. The summed E-state index contributed by atoms with van der Waals surface area (Å²) in [5.74, 6) is 0.752. The predicted octanol–water partition coefficient (Wildman–Crippen LogP) is 4.34. The Hall–Kier alpha value is -2.70. The van der Waals surface area contributed by atoms with Crippen LogP contribution in [0.5, 0.6) is 5.75 Å². The smallest absolute Gasteiger partial charge is 0.170 e. The zero-order valence-electron chi connectivity index (χ0n) is 16.8. The maximum atomic E-state index is 14.0. The molecule has 2 aromatic carbocycles. The summed E-state index contributed by atoms with van der Waals surface area (Å²) in [6.45, 7) is 1.91. The van der Waals surface area contributed by atoms with Gasteiger partial charge in [-0.15, -0.1) is 0 Å². The van der Waals surface area contributed by atoms with Gasteiger partial charge < -0.3 is 15.0 Å². The number of aromatic nitrogens is 1. The second-order valence-corrected chi connectivity index (χ2v) is 8.26. The molecule has 1 aliphatic carbocycles. The van der Waals surface area contributed by atoms with Crippen molar-refractivity contribution in [2.24, 2.45) is 5.73 Å². The minimum absolute atomic E-state index is 0.160. The first-order chi connectivity index (χ1) is 14.7. The standard InChI is InChI=1S/C24H26FN3O2/c25-17-8-10-22(20(14-17)23-11-12-27-30-23)29-24-19-6-2-1-4-16(19)7-9-21(24)28-13-3-5-18(26)15-28/h1-2,4,6,8,10-12,14,18,21,24H,3,5,7,9,13,15,26H2/t18-,21+,24+/m1/s1. The highest BCUT2D eigenvalue weighted by molar-refractivity contribution is 5.65. The number of ether oxygens (including phenoxy) is 1. The molecular weight excluding hydrogens is 381 g/mol. The third kappa shape index (κ3) is 3.73. The molecule has 5 nitrogen and oxygen atoms in total. The van der Waals surface area contributed by atoms with E-state index in [2.05, 4.69) is 34.3 Å². The molecule has 1 aromatic heterocycles. The van der Waals surface area contributed by atoms with Crippen LogP contribution < -0.4 is 10.5 Å². The molecule has 156 valence electrons. The Morgan fingerprint density at radius 2 is 2.03 bits per heavy atom. The molecule has 6 heteroatoms. The summed E-state index contributed by atoms with van der Waals surface area (Å²) in [5, 5.41) is 3.77. The van der Waals surface area contributed by atoms with Crippen LogP contribution in [0.1, 0.15) is 36.5 Å². The minimum atomic E-state index is -0.337. The topological polar surface area (TPSA) is 64.5 Å². The lowest BCUT2D eigenvalue weighted by atomic mass is 9.84. The van der Waals surface area contributed by atoms with E-state index in [9.17, 15) is 4.39 Å². The van der Waals surface area contributed by atoms with Gasteiger partial charge in [0.05, 0.1) is 17.8 Å². The van der Waals surface area contributed by atoms with Crippen LogP contribution in [-0.2, 0) is 6.42 Å². The Balaban J connectivity index is 1.53. The first-order valence-electron chi connectivity index (χ1n) is 10.6. The number of nitrogens with two attached hydrogens (primary N) is 1. The molecule has 2 heterocycles. The van der Waals surface area contributed by atoms with Crippen LogP contribution in [0.25, 0.3) is 11.3 Å². The number of piperidine rings is 1. The predicted molar refractivity (Wildman–Crippen MR) is 113 cm³/mol. The molecule has 0 amide bonds. The molecule has 3 aromatic rings. The van der Waals surface area contributed by atoms with Crippen LogP contribution in [0.15, 0.2) is 59.3 Å². The summed E-state index contributed by atoms with van der Waals surface area (Å²) in [5.41, 5.74) is 9.36. The van der Waals surface area contributed by atoms with Gasteiger partial charge in [-0.3, -0.25) is 4.90 Å². The lowest BCUT2D eigenvalue weighted by molar-refractivity contribution is 0.0369.